The lowest BCUT2D eigenvalue weighted by Crippen LogP contribution is -2.25. The second kappa shape index (κ2) is 7.54. The molecule has 0 aromatic heterocycles. The number of aliphatic hydroxyl groups is 1. The lowest BCUT2D eigenvalue weighted by molar-refractivity contribution is 0.185. The predicted molar refractivity (Wildman–Crippen MR) is 105 cm³/mol. The van der Waals surface area contributed by atoms with E-state index in [0.717, 1.165) is 11.4 Å². The van der Waals surface area contributed by atoms with Gasteiger partial charge >= 0.3 is 0 Å². The highest BCUT2D eigenvalue weighted by atomic mass is 16.3. The van der Waals surface area contributed by atoms with Gasteiger partial charge in [0.25, 0.3) is 0 Å². The Labute approximate surface area is 154 Å². The number of hydrogen-bond donors (Lipinski definition) is 2. The molecular formula is C23H22N2O. The summed E-state index contributed by atoms with van der Waals surface area (Å²) in [5, 5.41) is 14.1. The van der Waals surface area contributed by atoms with Crippen LogP contribution in [0.25, 0.3) is 0 Å². The number of rotatable bonds is 5. The van der Waals surface area contributed by atoms with E-state index in [0.29, 0.717) is 6.42 Å². The summed E-state index contributed by atoms with van der Waals surface area (Å²) in [6.07, 6.45) is -0.0789. The molecule has 3 aromatic rings. The Kier molecular flexibility index (Phi) is 4.80. The third-order valence-electron chi connectivity index (χ3n) is 4.80. The minimum Gasteiger partial charge on any atom is -0.388 e. The quantitative estimate of drug-likeness (QED) is 0.712. The molecule has 1 aliphatic heterocycles. The largest absolute Gasteiger partial charge is 0.388 e. The summed E-state index contributed by atoms with van der Waals surface area (Å²) in [5.74, 6) is 0.851. The molecule has 4 rings (SSSR count). The van der Waals surface area contributed by atoms with Gasteiger partial charge in [-0.05, 0) is 16.7 Å². The van der Waals surface area contributed by atoms with Crippen LogP contribution >= 0.6 is 0 Å². The van der Waals surface area contributed by atoms with E-state index in [1.54, 1.807) is 0 Å². The molecule has 0 fully saturated rings. The number of nitrogens with zero attached hydrogens (tertiary/aromatic N) is 1. The predicted octanol–water partition coefficient (Wildman–Crippen LogP) is 4.59. The van der Waals surface area contributed by atoms with Crippen LogP contribution in [0.2, 0.25) is 0 Å². The van der Waals surface area contributed by atoms with Crippen molar-refractivity contribution in [2.75, 3.05) is 0 Å². The molecule has 2 N–H and O–H groups in total. The molecule has 3 atom stereocenters. The fourth-order valence-corrected chi connectivity index (χ4v) is 3.47. The molecule has 0 spiro atoms. The minimum atomic E-state index is -0.562. The van der Waals surface area contributed by atoms with Crippen LogP contribution in [0.1, 0.15) is 41.3 Å². The van der Waals surface area contributed by atoms with Crippen molar-refractivity contribution in [3.8, 4) is 0 Å². The second-order valence-corrected chi connectivity index (χ2v) is 6.59. The molecule has 0 saturated carbocycles. The highest BCUT2D eigenvalue weighted by molar-refractivity contribution is 5.85. The van der Waals surface area contributed by atoms with Crippen LogP contribution in [0.5, 0.6) is 0 Å². The zero-order valence-corrected chi connectivity index (χ0v) is 14.5. The summed E-state index contributed by atoms with van der Waals surface area (Å²) in [4.78, 5) is 4.93. The number of amidine groups is 1. The van der Waals surface area contributed by atoms with Crippen molar-refractivity contribution < 1.29 is 5.11 Å². The molecule has 1 heterocycles. The van der Waals surface area contributed by atoms with E-state index >= 15 is 0 Å². The maximum absolute atomic E-state index is 10.6. The van der Waals surface area contributed by atoms with Gasteiger partial charge in [0.05, 0.1) is 12.1 Å². The van der Waals surface area contributed by atoms with E-state index < -0.39 is 6.10 Å². The van der Waals surface area contributed by atoms with E-state index in [-0.39, 0.29) is 12.1 Å². The summed E-state index contributed by atoms with van der Waals surface area (Å²) in [6, 6.07) is 30.6. The van der Waals surface area contributed by atoms with Crippen LogP contribution in [0.3, 0.4) is 0 Å². The zero-order valence-electron chi connectivity index (χ0n) is 14.5. The number of hydrogen-bond acceptors (Lipinski definition) is 3. The van der Waals surface area contributed by atoms with Crippen molar-refractivity contribution >= 4 is 5.84 Å². The third kappa shape index (κ3) is 3.53. The lowest BCUT2D eigenvalue weighted by atomic mass is 9.95. The Morgan fingerprint density at radius 3 is 1.92 bits per heavy atom. The summed E-state index contributed by atoms with van der Waals surface area (Å²) < 4.78 is 0. The highest BCUT2D eigenvalue weighted by Crippen LogP contribution is 2.37. The molecule has 1 aliphatic rings. The van der Waals surface area contributed by atoms with Gasteiger partial charge in [0.15, 0.2) is 0 Å². The molecule has 0 radical (unpaired) electrons. The normalized spacial score (nSPS) is 20.3. The molecule has 0 amide bonds. The summed E-state index contributed by atoms with van der Waals surface area (Å²) in [5.41, 5.74) is 3.30. The summed E-state index contributed by atoms with van der Waals surface area (Å²) in [7, 11) is 0. The van der Waals surface area contributed by atoms with Crippen molar-refractivity contribution in [1.29, 1.82) is 0 Å². The highest BCUT2D eigenvalue weighted by Gasteiger charge is 2.31. The van der Waals surface area contributed by atoms with Gasteiger partial charge in [-0.1, -0.05) is 91.0 Å². The molecule has 0 saturated heterocycles. The maximum atomic E-state index is 10.6. The van der Waals surface area contributed by atoms with Crippen LogP contribution in [-0.4, -0.2) is 10.9 Å². The third-order valence-corrected chi connectivity index (χ3v) is 4.80. The molecule has 3 unspecified atom stereocenters. The van der Waals surface area contributed by atoms with Gasteiger partial charge in [-0.25, -0.2) is 0 Å². The van der Waals surface area contributed by atoms with Gasteiger partial charge in [0.1, 0.15) is 11.9 Å². The molecule has 0 aliphatic carbocycles. The number of aliphatic hydroxyl groups excluding tert-OH is 1. The first-order valence-corrected chi connectivity index (χ1v) is 8.97. The van der Waals surface area contributed by atoms with Gasteiger partial charge < -0.3 is 10.4 Å². The molecule has 3 nitrogen and oxygen atoms in total. The molecule has 130 valence electrons. The Morgan fingerprint density at radius 2 is 1.31 bits per heavy atom. The Hall–Kier alpha value is -2.91. The smallest absolute Gasteiger partial charge is 0.101 e. The monoisotopic (exact) mass is 342 g/mol. The lowest BCUT2D eigenvalue weighted by Gasteiger charge is -2.20. The Morgan fingerprint density at radius 1 is 0.769 bits per heavy atom. The zero-order chi connectivity index (χ0) is 17.8. The van der Waals surface area contributed by atoms with Gasteiger partial charge in [0, 0.05) is 6.42 Å². The fourth-order valence-electron chi connectivity index (χ4n) is 3.47. The number of aliphatic imine (C=N–C) groups is 1. The van der Waals surface area contributed by atoms with Gasteiger partial charge in [-0.2, -0.15) is 0 Å². The van der Waals surface area contributed by atoms with Crippen molar-refractivity contribution in [2.24, 2.45) is 4.99 Å². The van der Waals surface area contributed by atoms with Crippen LogP contribution in [-0.2, 0) is 0 Å². The fraction of sp³-hybridized carbons (Fsp3) is 0.174. The van der Waals surface area contributed by atoms with Gasteiger partial charge in [-0.15, -0.1) is 0 Å². The average molecular weight is 342 g/mol. The Balaban J connectivity index is 1.60. The Bertz CT molecular complexity index is 862. The second-order valence-electron chi connectivity index (χ2n) is 6.59. The van der Waals surface area contributed by atoms with Crippen molar-refractivity contribution in [2.45, 2.75) is 24.6 Å². The van der Waals surface area contributed by atoms with Crippen molar-refractivity contribution in [1.82, 2.24) is 5.32 Å². The first-order chi connectivity index (χ1) is 12.8. The molecular weight excluding hydrogens is 320 g/mol. The first kappa shape index (κ1) is 16.6. The van der Waals surface area contributed by atoms with Gasteiger partial charge in [0.2, 0.25) is 0 Å². The average Bonchev–Trinajstić information content (AvgIpc) is 3.14. The van der Waals surface area contributed by atoms with Crippen LogP contribution in [0.4, 0.5) is 0 Å². The maximum Gasteiger partial charge on any atom is 0.101 e. The number of nitrogens with one attached hydrogen (secondary N) is 1. The SMILES string of the molecule is OC(CC1=NC(c2ccccc2)C(c2ccccc2)N1)c1ccccc1. The standard InChI is InChI=1S/C23H22N2O/c26-20(17-10-4-1-5-11-17)16-21-24-22(18-12-6-2-7-13-18)23(25-21)19-14-8-3-9-15-19/h1-15,20,22-23,26H,16H2,(H,24,25). The van der Waals surface area contributed by atoms with Crippen molar-refractivity contribution in [3.05, 3.63) is 108 Å². The number of benzene rings is 3. The van der Waals surface area contributed by atoms with Gasteiger partial charge in [-0.3, -0.25) is 4.99 Å². The van der Waals surface area contributed by atoms with Crippen LogP contribution < -0.4 is 5.32 Å². The first-order valence-electron chi connectivity index (χ1n) is 8.97. The summed E-state index contributed by atoms with van der Waals surface area (Å²) >= 11 is 0. The summed E-state index contributed by atoms with van der Waals surface area (Å²) in [6.45, 7) is 0. The van der Waals surface area contributed by atoms with E-state index in [4.69, 9.17) is 4.99 Å². The molecule has 0 bridgehead atoms. The topological polar surface area (TPSA) is 44.6 Å². The van der Waals surface area contributed by atoms with Crippen LogP contribution in [0, 0.1) is 0 Å². The van der Waals surface area contributed by atoms with E-state index in [1.807, 2.05) is 54.6 Å². The molecule has 26 heavy (non-hydrogen) atoms. The van der Waals surface area contributed by atoms with Crippen molar-refractivity contribution in [3.63, 3.8) is 0 Å². The minimum absolute atomic E-state index is 0.0107. The molecule has 3 aromatic carbocycles. The van der Waals surface area contributed by atoms with E-state index in [1.165, 1.54) is 11.1 Å². The van der Waals surface area contributed by atoms with Crippen LogP contribution in [0.15, 0.2) is 96.0 Å². The van der Waals surface area contributed by atoms with E-state index in [9.17, 15) is 5.11 Å². The van der Waals surface area contributed by atoms with E-state index in [2.05, 4.69) is 41.7 Å². The molecule has 3 heteroatoms.